The summed E-state index contributed by atoms with van der Waals surface area (Å²) in [5.74, 6) is -0.662. The van der Waals surface area contributed by atoms with Crippen LogP contribution in [0.3, 0.4) is 0 Å². The molecule has 4 aliphatic rings. The van der Waals surface area contributed by atoms with E-state index in [1.54, 1.807) is 0 Å². The van der Waals surface area contributed by atoms with Crippen LogP contribution < -0.4 is 0 Å². The van der Waals surface area contributed by atoms with Gasteiger partial charge < -0.3 is 25.5 Å². The molecule has 6 heteroatoms. The number of carbonyl (C=O) groups excluding carboxylic acids is 1. The van der Waals surface area contributed by atoms with Gasteiger partial charge in [-0.15, -0.1) is 0 Å². The van der Waals surface area contributed by atoms with Crippen LogP contribution in [0.1, 0.15) is 65.7 Å². The Labute approximate surface area is 154 Å². The maximum Gasteiger partial charge on any atom is 0.196 e. The lowest BCUT2D eigenvalue weighted by molar-refractivity contribution is -0.266. The normalized spacial score (nSPS) is 58.2. The van der Waals surface area contributed by atoms with Gasteiger partial charge in [0.15, 0.2) is 5.78 Å². The second-order valence-electron chi connectivity index (χ2n) is 10.6. The van der Waals surface area contributed by atoms with Crippen molar-refractivity contribution >= 4 is 5.78 Å². The summed E-state index contributed by atoms with van der Waals surface area (Å²) in [7, 11) is 0. The molecule has 4 aliphatic carbocycles. The van der Waals surface area contributed by atoms with Crippen molar-refractivity contribution in [2.75, 3.05) is 6.61 Å². The molecule has 7 atom stereocenters. The molecular formula is C20H32O6. The van der Waals surface area contributed by atoms with Gasteiger partial charge in [-0.3, -0.25) is 4.79 Å². The minimum absolute atomic E-state index is 0.0325. The largest absolute Gasteiger partial charge is 0.393 e. The summed E-state index contributed by atoms with van der Waals surface area (Å²) in [5.41, 5.74) is -7.69. The third kappa shape index (κ3) is 1.70. The molecule has 0 heterocycles. The molecule has 0 aliphatic heterocycles. The fourth-order valence-electron chi connectivity index (χ4n) is 7.86. The van der Waals surface area contributed by atoms with Crippen LogP contribution in [0, 0.1) is 22.2 Å². The van der Waals surface area contributed by atoms with E-state index >= 15 is 0 Å². The molecule has 4 fully saturated rings. The van der Waals surface area contributed by atoms with Crippen LogP contribution in [0.15, 0.2) is 0 Å². The van der Waals surface area contributed by atoms with E-state index in [1.807, 2.05) is 6.92 Å². The fraction of sp³-hybridized carbons (Fsp3) is 0.950. The number of aliphatic hydroxyl groups excluding tert-OH is 2. The van der Waals surface area contributed by atoms with Crippen molar-refractivity contribution in [3.63, 3.8) is 0 Å². The first-order valence-electron chi connectivity index (χ1n) is 9.84. The monoisotopic (exact) mass is 368 g/mol. The maximum atomic E-state index is 13.4. The molecule has 4 rings (SSSR count). The van der Waals surface area contributed by atoms with Crippen LogP contribution in [0.25, 0.3) is 0 Å². The zero-order valence-corrected chi connectivity index (χ0v) is 16.0. The van der Waals surface area contributed by atoms with Crippen LogP contribution in [-0.2, 0) is 4.79 Å². The number of aliphatic hydroxyl groups is 5. The molecule has 1 unspecified atom stereocenters. The minimum Gasteiger partial charge on any atom is -0.393 e. The van der Waals surface area contributed by atoms with Crippen LogP contribution in [0.5, 0.6) is 0 Å². The third-order valence-corrected chi connectivity index (χ3v) is 9.10. The number of carbonyl (C=O) groups is 1. The first-order chi connectivity index (χ1) is 11.8. The summed E-state index contributed by atoms with van der Waals surface area (Å²) in [6, 6.07) is 0. The summed E-state index contributed by atoms with van der Waals surface area (Å²) in [6.07, 6.45) is 1.84. The molecular weight excluding hydrogens is 336 g/mol. The first-order valence-corrected chi connectivity index (χ1v) is 9.84. The zero-order valence-electron chi connectivity index (χ0n) is 16.0. The van der Waals surface area contributed by atoms with E-state index in [0.29, 0.717) is 12.8 Å². The Morgan fingerprint density at radius 1 is 1.04 bits per heavy atom. The van der Waals surface area contributed by atoms with Crippen LogP contribution in [0.4, 0.5) is 0 Å². The smallest absolute Gasteiger partial charge is 0.196 e. The number of hydrogen-bond donors (Lipinski definition) is 5. The summed E-state index contributed by atoms with van der Waals surface area (Å²) in [6.45, 7) is 5.55. The Morgan fingerprint density at radius 2 is 1.69 bits per heavy atom. The van der Waals surface area contributed by atoms with E-state index in [1.165, 1.54) is 0 Å². The van der Waals surface area contributed by atoms with Crippen molar-refractivity contribution in [2.45, 2.75) is 88.6 Å². The topological polar surface area (TPSA) is 118 Å². The molecule has 0 aromatic rings. The quantitative estimate of drug-likeness (QED) is 0.461. The maximum absolute atomic E-state index is 13.4. The van der Waals surface area contributed by atoms with E-state index in [9.17, 15) is 30.3 Å². The lowest BCUT2D eigenvalue weighted by Crippen LogP contribution is -2.76. The van der Waals surface area contributed by atoms with Crippen molar-refractivity contribution in [1.29, 1.82) is 0 Å². The lowest BCUT2D eigenvalue weighted by atomic mass is 9.38. The number of hydrogen-bond acceptors (Lipinski definition) is 6. The standard InChI is InChI=1S/C20H32O6/c1-15(2)6-4-7-16(3)12(15)5-8-17-9-18(24,11-21)19(25,10-17)13(22)14(23)20(16,17)26/h12-13,21-22,24-26H,4-11H2,1-3H3/t12-,13+,16-,17?,18+,19+,20-/m1/s1. The van der Waals surface area contributed by atoms with Gasteiger partial charge in [-0.25, -0.2) is 0 Å². The van der Waals surface area contributed by atoms with E-state index < -0.39 is 46.1 Å². The molecule has 2 bridgehead atoms. The van der Waals surface area contributed by atoms with Crippen LogP contribution in [0.2, 0.25) is 0 Å². The van der Waals surface area contributed by atoms with Crippen LogP contribution >= 0.6 is 0 Å². The minimum atomic E-state index is -2.11. The predicted molar refractivity (Wildman–Crippen MR) is 93.1 cm³/mol. The Bertz CT molecular complexity index is 659. The fourth-order valence-corrected chi connectivity index (χ4v) is 7.86. The highest BCUT2D eigenvalue weighted by atomic mass is 16.4. The Morgan fingerprint density at radius 3 is 2.31 bits per heavy atom. The molecule has 0 aromatic carbocycles. The molecule has 0 saturated heterocycles. The SMILES string of the molecule is CC1(C)CCC[C@]2(C)[C@@H]1CCC13C[C@](O)(CO)[C@](O)(C1)[C@@H](O)C(=O)[C@]32O. The van der Waals surface area contributed by atoms with Gasteiger partial charge in [-0.05, 0) is 49.9 Å². The summed E-state index contributed by atoms with van der Waals surface area (Å²) >= 11 is 0. The molecule has 1 spiro atoms. The molecule has 5 N–H and O–H groups in total. The van der Waals surface area contributed by atoms with Gasteiger partial charge in [0.1, 0.15) is 22.9 Å². The van der Waals surface area contributed by atoms with E-state index in [4.69, 9.17) is 0 Å². The number of rotatable bonds is 1. The van der Waals surface area contributed by atoms with Gasteiger partial charge in [-0.1, -0.05) is 27.2 Å². The Balaban J connectivity index is 1.92. The first kappa shape index (κ1) is 18.8. The summed E-state index contributed by atoms with van der Waals surface area (Å²) in [5, 5.41) is 54.4. The lowest BCUT2D eigenvalue weighted by Gasteiger charge is -2.67. The summed E-state index contributed by atoms with van der Waals surface area (Å²) < 4.78 is 0. The van der Waals surface area contributed by atoms with Gasteiger partial charge in [0, 0.05) is 10.8 Å². The second kappa shape index (κ2) is 4.90. The highest BCUT2D eigenvalue weighted by Gasteiger charge is 2.83. The molecule has 4 saturated carbocycles. The molecule has 26 heavy (non-hydrogen) atoms. The highest BCUT2D eigenvalue weighted by Crippen LogP contribution is 2.74. The third-order valence-electron chi connectivity index (χ3n) is 9.10. The van der Waals surface area contributed by atoms with E-state index in [0.717, 1.165) is 19.3 Å². The molecule has 0 amide bonds. The van der Waals surface area contributed by atoms with Crippen molar-refractivity contribution in [3.05, 3.63) is 0 Å². The van der Waals surface area contributed by atoms with Gasteiger partial charge in [-0.2, -0.15) is 0 Å². The number of Topliss-reactive ketones (excluding diaryl/α,β-unsaturated/α-hetero) is 1. The Hall–Kier alpha value is -0.530. The molecule has 148 valence electrons. The second-order valence-corrected chi connectivity index (χ2v) is 10.6. The molecule has 6 nitrogen and oxygen atoms in total. The van der Waals surface area contributed by atoms with Crippen molar-refractivity contribution in [1.82, 2.24) is 0 Å². The van der Waals surface area contributed by atoms with Crippen molar-refractivity contribution in [2.24, 2.45) is 22.2 Å². The van der Waals surface area contributed by atoms with Gasteiger partial charge in [0.25, 0.3) is 0 Å². The van der Waals surface area contributed by atoms with Crippen molar-refractivity contribution in [3.8, 4) is 0 Å². The van der Waals surface area contributed by atoms with Gasteiger partial charge >= 0.3 is 0 Å². The van der Waals surface area contributed by atoms with Gasteiger partial charge in [0.05, 0.1) is 6.61 Å². The van der Waals surface area contributed by atoms with E-state index in [-0.39, 0.29) is 24.2 Å². The number of fused-ring (bicyclic) bond motifs is 3. The number of ketones is 1. The molecule has 0 aromatic heterocycles. The van der Waals surface area contributed by atoms with E-state index in [2.05, 4.69) is 13.8 Å². The Kier molecular flexibility index (Phi) is 3.54. The highest BCUT2D eigenvalue weighted by molar-refractivity contribution is 5.96. The average molecular weight is 368 g/mol. The zero-order chi connectivity index (χ0) is 19.4. The van der Waals surface area contributed by atoms with Crippen LogP contribution in [-0.4, -0.2) is 60.8 Å². The van der Waals surface area contributed by atoms with Gasteiger partial charge in [0.2, 0.25) is 0 Å². The summed E-state index contributed by atoms with van der Waals surface area (Å²) in [4.78, 5) is 13.4. The predicted octanol–water partition coefficient (Wildman–Crippen LogP) is 0.522. The van der Waals surface area contributed by atoms with Crippen molar-refractivity contribution < 1.29 is 30.3 Å². The average Bonchev–Trinajstić information content (AvgIpc) is 2.78. The molecule has 0 radical (unpaired) electrons.